The molecule has 0 spiro atoms. The molecule has 1 saturated heterocycles. The van der Waals surface area contributed by atoms with Gasteiger partial charge in [-0.2, -0.15) is 0 Å². The van der Waals surface area contributed by atoms with Crippen molar-refractivity contribution in [2.45, 2.75) is 18.7 Å². The van der Waals surface area contributed by atoms with Crippen molar-refractivity contribution >= 4 is 17.2 Å². The van der Waals surface area contributed by atoms with Gasteiger partial charge in [0.1, 0.15) is 11.8 Å². The Labute approximate surface area is 160 Å². The first-order chi connectivity index (χ1) is 13.3. The second kappa shape index (κ2) is 6.63. The van der Waals surface area contributed by atoms with Crippen molar-refractivity contribution in [3.05, 3.63) is 76.5 Å². The van der Waals surface area contributed by atoms with Crippen LogP contribution in [0.4, 0.5) is 0 Å². The van der Waals surface area contributed by atoms with Gasteiger partial charge in [0, 0.05) is 11.4 Å². The van der Waals surface area contributed by atoms with E-state index in [0.29, 0.717) is 12.3 Å². The highest BCUT2D eigenvalue weighted by Crippen LogP contribution is 2.41. The van der Waals surface area contributed by atoms with Crippen LogP contribution in [0.25, 0.3) is 0 Å². The lowest BCUT2D eigenvalue weighted by molar-refractivity contribution is -0.165. The van der Waals surface area contributed by atoms with Crippen molar-refractivity contribution in [3.63, 3.8) is 0 Å². The third kappa shape index (κ3) is 2.92. The van der Waals surface area contributed by atoms with E-state index in [0.717, 1.165) is 21.9 Å². The first-order valence-electron chi connectivity index (χ1n) is 8.74. The number of nitrogens with zero attached hydrogens (tertiary/aromatic N) is 1. The molecule has 1 fully saturated rings. The third-order valence-corrected chi connectivity index (χ3v) is 5.72. The normalized spacial score (nSPS) is 20.4. The average molecular weight is 379 g/mol. The molecule has 0 N–H and O–H groups in total. The number of likely N-dealkylation sites (tertiary alicyclic amines) is 1. The second-order valence-electron chi connectivity index (χ2n) is 6.47. The molecular weight excluding hydrogens is 362 g/mol. The van der Waals surface area contributed by atoms with Gasteiger partial charge in [-0.05, 0) is 41.3 Å². The van der Waals surface area contributed by atoms with Crippen LogP contribution in [0.3, 0.4) is 0 Å². The summed E-state index contributed by atoms with van der Waals surface area (Å²) in [5, 5.41) is 2.02. The van der Waals surface area contributed by atoms with Gasteiger partial charge in [-0.3, -0.25) is 4.79 Å². The van der Waals surface area contributed by atoms with Crippen LogP contribution in [-0.2, 0) is 11.3 Å². The van der Waals surface area contributed by atoms with Gasteiger partial charge in [0.15, 0.2) is 11.5 Å². The first-order valence-corrected chi connectivity index (χ1v) is 9.62. The number of benzene rings is 2. The van der Waals surface area contributed by atoms with Crippen LogP contribution in [0.2, 0.25) is 0 Å². The zero-order chi connectivity index (χ0) is 18.2. The number of β-lactam (4-membered cyclic amide) rings is 1. The monoisotopic (exact) mass is 379 g/mol. The smallest absolute Gasteiger partial charge is 0.267 e. The van der Waals surface area contributed by atoms with Crippen molar-refractivity contribution in [3.8, 4) is 17.2 Å². The van der Waals surface area contributed by atoms with Crippen LogP contribution in [0.5, 0.6) is 17.2 Å². The fraction of sp³-hybridized carbons (Fsp3) is 0.190. The quantitative estimate of drug-likeness (QED) is 0.629. The molecule has 3 aromatic rings. The molecule has 0 aliphatic carbocycles. The summed E-state index contributed by atoms with van der Waals surface area (Å²) in [6, 6.07) is 19.2. The topological polar surface area (TPSA) is 48.0 Å². The minimum absolute atomic E-state index is 0.00470. The maximum Gasteiger partial charge on any atom is 0.267 e. The van der Waals surface area contributed by atoms with Gasteiger partial charge in [-0.15, -0.1) is 11.3 Å². The van der Waals surface area contributed by atoms with Crippen LogP contribution >= 0.6 is 11.3 Å². The van der Waals surface area contributed by atoms with Crippen LogP contribution in [0.15, 0.2) is 66.0 Å². The fourth-order valence-electron chi connectivity index (χ4n) is 3.45. The Bertz CT molecular complexity index is 958. The molecule has 5 nitrogen and oxygen atoms in total. The Morgan fingerprint density at radius 2 is 1.89 bits per heavy atom. The Hall–Kier alpha value is -2.99. The lowest BCUT2D eigenvalue weighted by Crippen LogP contribution is -2.60. The number of rotatable bonds is 5. The number of para-hydroxylation sites is 1. The summed E-state index contributed by atoms with van der Waals surface area (Å²) in [6.45, 7) is 0.749. The maximum absolute atomic E-state index is 12.9. The Balaban J connectivity index is 1.39. The largest absolute Gasteiger partial charge is 0.478 e. The van der Waals surface area contributed by atoms with Crippen molar-refractivity contribution in [1.82, 2.24) is 4.90 Å². The zero-order valence-corrected chi connectivity index (χ0v) is 15.2. The SMILES string of the molecule is O=C1[C@@H](Oc2ccccc2)[C@H](c2cccs2)N1Cc1ccc2c(c1)OCO2. The minimum atomic E-state index is -0.500. The van der Waals surface area contributed by atoms with E-state index in [2.05, 4.69) is 6.07 Å². The number of ether oxygens (including phenoxy) is 3. The molecule has 0 radical (unpaired) electrons. The molecule has 2 aliphatic heterocycles. The van der Waals surface area contributed by atoms with E-state index < -0.39 is 6.10 Å². The van der Waals surface area contributed by atoms with Crippen LogP contribution in [-0.4, -0.2) is 23.7 Å². The Morgan fingerprint density at radius 1 is 1.04 bits per heavy atom. The molecule has 27 heavy (non-hydrogen) atoms. The molecule has 3 heterocycles. The van der Waals surface area contributed by atoms with E-state index in [1.807, 2.05) is 64.9 Å². The number of carbonyl (C=O) groups excluding carboxylic acids is 1. The molecule has 136 valence electrons. The summed E-state index contributed by atoms with van der Waals surface area (Å²) >= 11 is 1.64. The standard InChI is InChI=1S/C21H17NO4S/c23-21-20(26-15-5-2-1-3-6-15)19(18-7-4-10-27-18)22(21)12-14-8-9-16-17(11-14)25-13-24-16/h1-11,19-20H,12-13H2/t19-,20-/m0/s1. The highest BCUT2D eigenvalue weighted by Gasteiger charge is 2.50. The predicted octanol–water partition coefficient (Wildman–Crippen LogP) is 4.01. The molecule has 0 saturated carbocycles. The molecular formula is C21H17NO4S. The third-order valence-electron chi connectivity index (χ3n) is 4.78. The number of carbonyl (C=O) groups is 1. The summed E-state index contributed by atoms with van der Waals surface area (Å²) < 4.78 is 16.8. The number of hydrogen-bond donors (Lipinski definition) is 0. The lowest BCUT2D eigenvalue weighted by atomic mass is 9.95. The van der Waals surface area contributed by atoms with E-state index >= 15 is 0 Å². The Morgan fingerprint density at radius 3 is 2.70 bits per heavy atom. The minimum Gasteiger partial charge on any atom is -0.478 e. The summed E-state index contributed by atoms with van der Waals surface area (Å²) in [6.07, 6.45) is -0.500. The number of hydrogen-bond acceptors (Lipinski definition) is 5. The summed E-state index contributed by atoms with van der Waals surface area (Å²) in [7, 11) is 0. The molecule has 2 atom stereocenters. The summed E-state index contributed by atoms with van der Waals surface area (Å²) in [5.74, 6) is 2.18. The number of thiophene rings is 1. The molecule has 2 aromatic carbocycles. The molecule has 1 aromatic heterocycles. The molecule has 2 aliphatic rings. The van der Waals surface area contributed by atoms with Crippen molar-refractivity contribution in [1.29, 1.82) is 0 Å². The highest BCUT2D eigenvalue weighted by molar-refractivity contribution is 7.10. The fourth-order valence-corrected chi connectivity index (χ4v) is 4.31. The van der Waals surface area contributed by atoms with Crippen molar-refractivity contribution in [2.75, 3.05) is 6.79 Å². The molecule has 6 heteroatoms. The van der Waals surface area contributed by atoms with Gasteiger partial charge in [-0.25, -0.2) is 0 Å². The molecule has 5 rings (SSSR count). The number of amides is 1. The molecule has 0 bridgehead atoms. The zero-order valence-electron chi connectivity index (χ0n) is 14.4. The van der Waals surface area contributed by atoms with Gasteiger partial charge < -0.3 is 19.1 Å². The van der Waals surface area contributed by atoms with Gasteiger partial charge >= 0.3 is 0 Å². The van der Waals surface area contributed by atoms with Crippen LogP contribution < -0.4 is 14.2 Å². The maximum atomic E-state index is 12.9. The molecule has 1 amide bonds. The van der Waals surface area contributed by atoms with Crippen molar-refractivity contribution in [2.24, 2.45) is 0 Å². The van der Waals surface area contributed by atoms with Gasteiger partial charge in [-0.1, -0.05) is 30.3 Å². The lowest BCUT2D eigenvalue weighted by Gasteiger charge is -2.46. The predicted molar refractivity (Wildman–Crippen MR) is 101 cm³/mol. The highest BCUT2D eigenvalue weighted by atomic mass is 32.1. The molecule has 0 unspecified atom stereocenters. The van der Waals surface area contributed by atoms with Gasteiger partial charge in [0.25, 0.3) is 5.91 Å². The van der Waals surface area contributed by atoms with Gasteiger partial charge in [0.2, 0.25) is 12.9 Å². The summed E-state index contributed by atoms with van der Waals surface area (Å²) in [5.41, 5.74) is 1.01. The van der Waals surface area contributed by atoms with Gasteiger partial charge in [0.05, 0.1) is 0 Å². The number of fused-ring (bicyclic) bond motifs is 1. The Kier molecular flexibility index (Phi) is 3.98. The van der Waals surface area contributed by atoms with E-state index in [4.69, 9.17) is 14.2 Å². The second-order valence-corrected chi connectivity index (χ2v) is 7.44. The van der Waals surface area contributed by atoms with E-state index in [-0.39, 0.29) is 18.7 Å². The van der Waals surface area contributed by atoms with E-state index in [1.54, 1.807) is 11.3 Å². The van der Waals surface area contributed by atoms with Crippen LogP contribution in [0.1, 0.15) is 16.5 Å². The summed E-state index contributed by atoms with van der Waals surface area (Å²) in [4.78, 5) is 15.8. The van der Waals surface area contributed by atoms with E-state index in [9.17, 15) is 4.79 Å². The van der Waals surface area contributed by atoms with Crippen molar-refractivity contribution < 1.29 is 19.0 Å². The average Bonchev–Trinajstić information content (AvgIpc) is 3.39. The van der Waals surface area contributed by atoms with E-state index in [1.165, 1.54) is 0 Å². The van der Waals surface area contributed by atoms with Crippen LogP contribution in [0, 0.1) is 0 Å². The first kappa shape index (κ1) is 16.2.